The molecule has 3 heterocycles. The third-order valence-corrected chi connectivity index (χ3v) is 3.87. The highest BCUT2D eigenvalue weighted by molar-refractivity contribution is 5.79. The van der Waals surface area contributed by atoms with Crippen LogP contribution in [0.2, 0.25) is 0 Å². The van der Waals surface area contributed by atoms with Gasteiger partial charge in [-0.05, 0) is 25.1 Å². The van der Waals surface area contributed by atoms with Gasteiger partial charge in [0.05, 0.1) is 18.1 Å². The molecule has 2 aliphatic rings. The lowest BCUT2D eigenvalue weighted by molar-refractivity contribution is -0.128. The Kier molecular flexibility index (Phi) is 3.48. The monoisotopic (exact) mass is 261 g/mol. The summed E-state index contributed by atoms with van der Waals surface area (Å²) in [7, 11) is 2.08. The molecule has 5 heteroatoms. The van der Waals surface area contributed by atoms with Crippen molar-refractivity contribution in [2.45, 2.75) is 25.2 Å². The number of ether oxygens (including phenoxy) is 1. The minimum absolute atomic E-state index is 0.00776. The van der Waals surface area contributed by atoms with Gasteiger partial charge in [0.15, 0.2) is 0 Å². The molecule has 19 heavy (non-hydrogen) atoms. The SMILES string of the molecule is CN1CC2CC(C(=O)NCc3cccnc3)C(C1)O2. The van der Waals surface area contributed by atoms with Crippen LogP contribution in [0.5, 0.6) is 0 Å². The van der Waals surface area contributed by atoms with Crippen molar-refractivity contribution in [1.82, 2.24) is 15.2 Å². The topological polar surface area (TPSA) is 54.5 Å². The molecule has 102 valence electrons. The van der Waals surface area contributed by atoms with Crippen molar-refractivity contribution >= 4 is 5.91 Å². The fourth-order valence-corrected chi connectivity index (χ4v) is 2.95. The maximum atomic E-state index is 12.2. The number of nitrogens with zero attached hydrogens (tertiary/aromatic N) is 2. The number of hydrogen-bond acceptors (Lipinski definition) is 4. The molecule has 0 aliphatic carbocycles. The Morgan fingerprint density at radius 1 is 1.58 bits per heavy atom. The predicted molar refractivity (Wildman–Crippen MR) is 70.3 cm³/mol. The van der Waals surface area contributed by atoms with Gasteiger partial charge in [-0.2, -0.15) is 0 Å². The maximum Gasteiger partial charge on any atom is 0.226 e. The molecular formula is C14H19N3O2. The first-order valence-corrected chi connectivity index (χ1v) is 6.73. The summed E-state index contributed by atoms with van der Waals surface area (Å²) >= 11 is 0. The van der Waals surface area contributed by atoms with Crippen LogP contribution in [0, 0.1) is 5.92 Å². The van der Waals surface area contributed by atoms with Gasteiger partial charge in [0, 0.05) is 32.0 Å². The second-order valence-corrected chi connectivity index (χ2v) is 5.44. The molecule has 0 spiro atoms. The number of amides is 1. The zero-order chi connectivity index (χ0) is 13.2. The number of nitrogens with one attached hydrogen (secondary N) is 1. The maximum absolute atomic E-state index is 12.2. The second kappa shape index (κ2) is 5.27. The van der Waals surface area contributed by atoms with E-state index in [0.717, 1.165) is 25.1 Å². The summed E-state index contributed by atoms with van der Waals surface area (Å²) in [4.78, 5) is 18.5. The summed E-state index contributed by atoms with van der Waals surface area (Å²) in [5.74, 6) is 0.0956. The number of likely N-dealkylation sites (tertiary alicyclic amines) is 1. The molecule has 0 saturated carbocycles. The van der Waals surface area contributed by atoms with Crippen molar-refractivity contribution in [3.8, 4) is 0 Å². The molecule has 0 radical (unpaired) electrons. The normalized spacial score (nSPS) is 30.3. The first kappa shape index (κ1) is 12.6. The Labute approximate surface area is 113 Å². The van der Waals surface area contributed by atoms with Crippen LogP contribution in [-0.4, -0.2) is 48.1 Å². The quantitative estimate of drug-likeness (QED) is 0.856. The van der Waals surface area contributed by atoms with Crippen molar-refractivity contribution < 1.29 is 9.53 Å². The van der Waals surface area contributed by atoms with Crippen LogP contribution in [0.4, 0.5) is 0 Å². The molecule has 2 aliphatic heterocycles. The van der Waals surface area contributed by atoms with E-state index >= 15 is 0 Å². The molecule has 1 aromatic heterocycles. The number of carbonyl (C=O) groups excluding carboxylic acids is 1. The Morgan fingerprint density at radius 3 is 3.26 bits per heavy atom. The number of aromatic nitrogens is 1. The Morgan fingerprint density at radius 2 is 2.47 bits per heavy atom. The van der Waals surface area contributed by atoms with E-state index in [-0.39, 0.29) is 24.0 Å². The van der Waals surface area contributed by atoms with Crippen molar-refractivity contribution in [3.05, 3.63) is 30.1 Å². The van der Waals surface area contributed by atoms with Crippen molar-refractivity contribution in [1.29, 1.82) is 0 Å². The molecule has 5 nitrogen and oxygen atoms in total. The molecule has 1 aromatic rings. The third kappa shape index (κ3) is 2.77. The number of fused-ring (bicyclic) bond motifs is 2. The van der Waals surface area contributed by atoms with E-state index in [1.54, 1.807) is 12.4 Å². The standard InChI is InChI=1S/C14H19N3O2/c1-17-8-11-5-12(13(9-17)19-11)14(18)16-7-10-3-2-4-15-6-10/h2-4,6,11-13H,5,7-9H2,1H3,(H,16,18). The van der Waals surface area contributed by atoms with Gasteiger partial charge < -0.3 is 15.0 Å². The highest BCUT2D eigenvalue weighted by Gasteiger charge is 2.43. The highest BCUT2D eigenvalue weighted by Crippen LogP contribution is 2.31. The Balaban J connectivity index is 1.56. The molecule has 3 unspecified atom stereocenters. The fraction of sp³-hybridized carbons (Fsp3) is 0.571. The highest BCUT2D eigenvalue weighted by atomic mass is 16.5. The lowest BCUT2D eigenvalue weighted by atomic mass is 9.99. The molecule has 3 atom stereocenters. The zero-order valence-electron chi connectivity index (χ0n) is 11.1. The van der Waals surface area contributed by atoms with E-state index in [0.29, 0.717) is 6.54 Å². The van der Waals surface area contributed by atoms with Crippen LogP contribution >= 0.6 is 0 Å². The van der Waals surface area contributed by atoms with Gasteiger partial charge in [0.2, 0.25) is 5.91 Å². The van der Waals surface area contributed by atoms with Crippen LogP contribution in [0.15, 0.2) is 24.5 Å². The second-order valence-electron chi connectivity index (χ2n) is 5.44. The van der Waals surface area contributed by atoms with Crippen LogP contribution in [0.25, 0.3) is 0 Å². The van der Waals surface area contributed by atoms with Gasteiger partial charge in [-0.3, -0.25) is 9.78 Å². The van der Waals surface area contributed by atoms with Crippen LogP contribution in [0.1, 0.15) is 12.0 Å². The van der Waals surface area contributed by atoms with Crippen LogP contribution in [-0.2, 0) is 16.1 Å². The summed E-state index contributed by atoms with van der Waals surface area (Å²) in [6.07, 6.45) is 4.62. The van der Waals surface area contributed by atoms with Gasteiger partial charge in [-0.15, -0.1) is 0 Å². The predicted octanol–water partition coefficient (Wildman–Crippen LogP) is 0.417. The molecule has 0 aromatic carbocycles. The van der Waals surface area contributed by atoms with E-state index < -0.39 is 0 Å². The van der Waals surface area contributed by atoms with Crippen LogP contribution in [0.3, 0.4) is 0 Å². The number of likely N-dealkylation sites (N-methyl/N-ethyl adjacent to an activating group) is 1. The average molecular weight is 261 g/mol. The van der Waals surface area contributed by atoms with Gasteiger partial charge >= 0.3 is 0 Å². The van der Waals surface area contributed by atoms with Crippen molar-refractivity contribution in [2.24, 2.45) is 5.92 Å². The van der Waals surface area contributed by atoms with Gasteiger partial charge in [0.25, 0.3) is 0 Å². The van der Waals surface area contributed by atoms with Gasteiger partial charge in [-0.1, -0.05) is 6.07 Å². The minimum Gasteiger partial charge on any atom is -0.371 e. The minimum atomic E-state index is -0.00776. The lowest BCUT2D eigenvalue weighted by Gasteiger charge is -2.29. The Hall–Kier alpha value is -1.46. The van der Waals surface area contributed by atoms with Crippen molar-refractivity contribution in [3.63, 3.8) is 0 Å². The number of hydrogen-bond donors (Lipinski definition) is 1. The smallest absolute Gasteiger partial charge is 0.226 e. The summed E-state index contributed by atoms with van der Waals surface area (Å²) < 4.78 is 5.84. The molecule has 3 rings (SSSR count). The van der Waals surface area contributed by atoms with Crippen LogP contribution < -0.4 is 5.32 Å². The van der Waals surface area contributed by atoms with Gasteiger partial charge in [-0.25, -0.2) is 0 Å². The summed E-state index contributed by atoms with van der Waals surface area (Å²) in [5.41, 5.74) is 1.02. The molecule has 2 saturated heterocycles. The van der Waals surface area contributed by atoms with E-state index in [4.69, 9.17) is 4.74 Å². The average Bonchev–Trinajstić information content (AvgIpc) is 2.72. The van der Waals surface area contributed by atoms with E-state index in [9.17, 15) is 4.79 Å². The largest absolute Gasteiger partial charge is 0.371 e. The number of carbonyl (C=O) groups is 1. The summed E-state index contributed by atoms with van der Waals surface area (Å²) in [5, 5.41) is 2.99. The lowest BCUT2D eigenvalue weighted by Crippen LogP contribution is -2.43. The number of pyridine rings is 1. The summed E-state index contributed by atoms with van der Waals surface area (Å²) in [6, 6.07) is 3.84. The molecule has 1 amide bonds. The Bertz CT molecular complexity index is 451. The molecule has 2 bridgehead atoms. The first-order chi connectivity index (χ1) is 9.22. The molecule has 2 fully saturated rings. The third-order valence-electron chi connectivity index (χ3n) is 3.87. The first-order valence-electron chi connectivity index (χ1n) is 6.73. The molecule has 1 N–H and O–H groups in total. The molecular weight excluding hydrogens is 242 g/mol. The summed E-state index contributed by atoms with van der Waals surface area (Å²) in [6.45, 7) is 2.32. The van der Waals surface area contributed by atoms with E-state index in [2.05, 4.69) is 22.2 Å². The number of morpholine rings is 1. The zero-order valence-corrected chi connectivity index (χ0v) is 11.1. The van der Waals surface area contributed by atoms with E-state index in [1.165, 1.54) is 0 Å². The van der Waals surface area contributed by atoms with Crippen molar-refractivity contribution in [2.75, 3.05) is 20.1 Å². The van der Waals surface area contributed by atoms with E-state index in [1.807, 2.05) is 12.1 Å². The van der Waals surface area contributed by atoms with Gasteiger partial charge in [0.1, 0.15) is 0 Å². The number of rotatable bonds is 3. The fourth-order valence-electron chi connectivity index (χ4n) is 2.95.